The minimum Gasteiger partial charge on any atom is -0.462 e. The van der Waals surface area contributed by atoms with E-state index in [0.29, 0.717) is 19.3 Å². The van der Waals surface area contributed by atoms with Crippen LogP contribution in [-0.4, -0.2) is 37.2 Å². The Hall–Kier alpha value is -2.89. The standard InChI is InChI=1S/C60H106O6/c1-4-7-10-13-16-19-22-25-28-30-31-33-35-38-41-44-47-50-53-59(62)65-56-57(55-64-58(61)52-49-46-43-40-37-34-27-24-21-18-15-12-9-6-3)66-60(63)54-51-48-45-42-39-36-32-29-26-23-20-17-14-11-8-5-2/h16,19,22,25,28-33,57H,4-15,17-18,20-21,23-24,26-27,34-56H2,1-3H3/b19-16-,25-22-,30-28-,32-29-,33-31-. The minimum absolute atomic E-state index is 0.0829. The van der Waals surface area contributed by atoms with Gasteiger partial charge in [0.1, 0.15) is 13.2 Å². The second kappa shape index (κ2) is 54.7. The van der Waals surface area contributed by atoms with Crippen LogP contribution >= 0.6 is 0 Å². The largest absolute Gasteiger partial charge is 0.462 e. The molecule has 0 heterocycles. The molecule has 0 N–H and O–H groups in total. The molecule has 0 aromatic carbocycles. The molecule has 6 heteroatoms. The van der Waals surface area contributed by atoms with Gasteiger partial charge >= 0.3 is 17.9 Å². The van der Waals surface area contributed by atoms with Gasteiger partial charge in [0.25, 0.3) is 0 Å². The molecule has 0 bridgehead atoms. The molecule has 0 radical (unpaired) electrons. The van der Waals surface area contributed by atoms with Gasteiger partial charge < -0.3 is 14.2 Å². The molecule has 0 aromatic heterocycles. The summed E-state index contributed by atoms with van der Waals surface area (Å²) in [5, 5.41) is 0. The van der Waals surface area contributed by atoms with Gasteiger partial charge in [-0.3, -0.25) is 14.4 Å². The highest BCUT2D eigenvalue weighted by Gasteiger charge is 2.19. The number of carbonyl (C=O) groups excluding carboxylic acids is 3. The van der Waals surface area contributed by atoms with Crippen LogP contribution in [0.3, 0.4) is 0 Å². The lowest BCUT2D eigenvalue weighted by Gasteiger charge is -2.18. The van der Waals surface area contributed by atoms with Crippen molar-refractivity contribution >= 4 is 17.9 Å². The molecule has 1 atom stereocenters. The summed E-state index contributed by atoms with van der Waals surface area (Å²) in [5.74, 6) is -0.904. The maximum absolute atomic E-state index is 12.8. The minimum atomic E-state index is -0.786. The molecule has 0 saturated carbocycles. The summed E-state index contributed by atoms with van der Waals surface area (Å²) in [6.07, 6.45) is 67.7. The monoisotopic (exact) mass is 923 g/mol. The summed E-state index contributed by atoms with van der Waals surface area (Å²) in [6.45, 7) is 6.60. The Morgan fingerprint density at radius 3 is 0.924 bits per heavy atom. The first kappa shape index (κ1) is 63.1. The van der Waals surface area contributed by atoms with Gasteiger partial charge in [-0.25, -0.2) is 0 Å². The maximum Gasteiger partial charge on any atom is 0.306 e. The predicted octanol–water partition coefficient (Wildman–Crippen LogP) is 18.8. The van der Waals surface area contributed by atoms with Gasteiger partial charge in [-0.05, 0) is 70.6 Å². The second-order valence-electron chi connectivity index (χ2n) is 18.9. The maximum atomic E-state index is 12.8. The fourth-order valence-corrected chi connectivity index (χ4v) is 8.04. The smallest absolute Gasteiger partial charge is 0.306 e. The van der Waals surface area contributed by atoms with Crippen LogP contribution in [0.5, 0.6) is 0 Å². The third-order valence-corrected chi connectivity index (χ3v) is 12.3. The highest BCUT2D eigenvalue weighted by molar-refractivity contribution is 5.71. The Morgan fingerprint density at radius 1 is 0.303 bits per heavy atom. The summed E-state index contributed by atoms with van der Waals surface area (Å²) in [6, 6.07) is 0. The molecule has 0 aliphatic carbocycles. The van der Waals surface area contributed by atoms with E-state index in [1.165, 1.54) is 148 Å². The van der Waals surface area contributed by atoms with E-state index in [4.69, 9.17) is 14.2 Å². The van der Waals surface area contributed by atoms with Crippen LogP contribution in [0, 0.1) is 0 Å². The Balaban J connectivity index is 4.43. The fraction of sp³-hybridized carbons (Fsp3) is 0.783. The van der Waals surface area contributed by atoms with Crippen molar-refractivity contribution in [2.24, 2.45) is 0 Å². The van der Waals surface area contributed by atoms with Crippen molar-refractivity contribution in [3.63, 3.8) is 0 Å². The van der Waals surface area contributed by atoms with Crippen LogP contribution < -0.4 is 0 Å². The van der Waals surface area contributed by atoms with Crippen molar-refractivity contribution in [1.29, 1.82) is 0 Å². The highest BCUT2D eigenvalue weighted by atomic mass is 16.6. The highest BCUT2D eigenvalue weighted by Crippen LogP contribution is 2.16. The summed E-state index contributed by atoms with van der Waals surface area (Å²) >= 11 is 0. The number of rotatable bonds is 51. The van der Waals surface area contributed by atoms with Gasteiger partial charge in [-0.15, -0.1) is 0 Å². The number of ether oxygens (including phenoxy) is 3. The lowest BCUT2D eigenvalue weighted by atomic mass is 10.0. The molecule has 0 saturated heterocycles. The molecule has 0 spiro atoms. The van der Waals surface area contributed by atoms with E-state index in [-0.39, 0.29) is 31.1 Å². The number of esters is 3. The van der Waals surface area contributed by atoms with Gasteiger partial charge in [-0.2, -0.15) is 0 Å². The molecule has 382 valence electrons. The van der Waals surface area contributed by atoms with Crippen molar-refractivity contribution in [1.82, 2.24) is 0 Å². The van der Waals surface area contributed by atoms with E-state index < -0.39 is 6.10 Å². The normalized spacial score (nSPS) is 12.5. The molecule has 0 fully saturated rings. The van der Waals surface area contributed by atoms with E-state index in [0.717, 1.165) is 96.3 Å². The van der Waals surface area contributed by atoms with Crippen LogP contribution in [0.15, 0.2) is 60.8 Å². The molecule has 0 aliphatic heterocycles. The predicted molar refractivity (Wildman–Crippen MR) is 284 cm³/mol. The lowest BCUT2D eigenvalue weighted by molar-refractivity contribution is -0.167. The van der Waals surface area contributed by atoms with Crippen molar-refractivity contribution in [3.05, 3.63) is 60.8 Å². The van der Waals surface area contributed by atoms with Crippen LogP contribution in [-0.2, 0) is 28.6 Å². The summed E-state index contributed by atoms with van der Waals surface area (Å²) in [7, 11) is 0. The topological polar surface area (TPSA) is 78.9 Å². The number of unbranched alkanes of at least 4 members (excludes halogenated alkanes) is 33. The van der Waals surface area contributed by atoms with Gasteiger partial charge in [0, 0.05) is 19.3 Å². The molecule has 6 nitrogen and oxygen atoms in total. The van der Waals surface area contributed by atoms with Gasteiger partial charge in [0.2, 0.25) is 0 Å². The van der Waals surface area contributed by atoms with Crippen molar-refractivity contribution < 1.29 is 28.6 Å². The van der Waals surface area contributed by atoms with E-state index >= 15 is 0 Å². The molecule has 66 heavy (non-hydrogen) atoms. The van der Waals surface area contributed by atoms with Crippen LogP contribution in [0.25, 0.3) is 0 Å². The summed E-state index contributed by atoms with van der Waals surface area (Å²) < 4.78 is 16.8. The van der Waals surface area contributed by atoms with E-state index in [1.54, 1.807) is 0 Å². The second-order valence-corrected chi connectivity index (χ2v) is 18.9. The number of carbonyl (C=O) groups is 3. The summed E-state index contributed by atoms with van der Waals surface area (Å²) in [4.78, 5) is 38.1. The zero-order chi connectivity index (χ0) is 47.9. The van der Waals surface area contributed by atoms with E-state index in [9.17, 15) is 14.4 Å². The number of allylic oxidation sites excluding steroid dienone is 10. The fourth-order valence-electron chi connectivity index (χ4n) is 8.04. The Morgan fingerprint density at radius 2 is 0.561 bits per heavy atom. The third-order valence-electron chi connectivity index (χ3n) is 12.3. The SMILES string of the molecule is CCCCC\C=C/C=C\C=C/C=C\CCCCCCCC(=O)OCC(COC(=O)CCCCCCCCCCCCCCCC)OC(=O)CCCCCCC/C=C\CCCCCCCCC. The van der Waals surface area contributed by atoms with Crippen molar-refractivity contribution in [3.8, 4) is 0 Å². The molecule has 0 aliphatic rings. The Bertz CT molecular complexity index is 1200. The van der Waals surface area contributed by atoms with Crippen LogP contribution in [0.4, 0.5) is 0 Å². The number of hydrogen-bond donors (Lipinski definition) is 0. The van der Waals surface area contributed by atoms with Crippen LogP contribution in [0.2, 0.25) is 0 Å². The lowest BCUT2D eigenvalue weighted by Crippen LogP contribution is -2.30. The molecular formula is C60H106O6. The average Bonchev–Trinajstić information content (AvgIpc) is 3.31. The first-order valence-corrected chi connectivity index (χ1v) is 28.3. The molecular weight excluding hydrogens is 817 g/mol. The Kier molecular flexibility index (Phi) is 52.3. The van der Waals surface area contributed by atoms with Gasteiger partial charge in [-0.1, -0.05) is 255 Å². The van der Waals surface area contributed by atoms with Gasteiger partial charge in [0.15, 0.2) is 6.10 Å². The third kappa shape index (κ3) is 52.1. The zero-order valence-corrected chi connectivity index (χ0v) is 43.7. The number of hydrogen-bond acceptors (Lipinski definition) is 6. The first-order chi connectivity index (χ1) is 32.5. The zero-order valence-electron chi connectivity index (χ0n) is 43.7. The van der Waals surface area contributed by atoms with Crippen LogP contribution in [0.1, 0.15) is 284 Å². The molecule has 0 rings (SSSR count). The quantitative estimate of drug-likeness (QED) is 0.0199. The molecule has 0 amide bonds. The van der Waals surface area contributed by atoms with Gasteiger partial charge in [0.05, 0.1) is 0 Å². The van der Waals surface area contributed by atoms with Crippen molar-refractivity contribution in [2.75, 3.05) is 13.2 Å². The summed E-state index contributed by atoms with van der Waals surface area (Å²) in [5.41, 5.74) is 0. The molecule has 0 aromatic rings. The molecule has 1 unspecified atom stereocenters. The van der Waals surface area contributed by atoms with E-state index in [1.807, 2.05) is 0 Å². The first-order valence-electron chi connectivity index (χ1n) is 28.3. The average molecular weight is 924 g/mol. The Labute approximate surface area is 409 Å². The van der Waals surface area contributed by atoms with E-state index in [2.05, 4.69) is 81.5 Å². The van der Waals surface area contributed by atoms with Crippen molar-refractivity contribution in [2.45, 2.75) is 290 Å².